The van der Waals surface area contributed by atoms with Crippen LogP contribution in [-0.4, -0.2) is 34.5 Å². The Labute approximate surface area is 183 Å². The predicted molar refractivity (Wildman–Crippen MR) is 107 cm³/mol. The van der Waals surface area contributed by atoms with Gasteiger partial charge in [-0.1, -0.05) is 24.6 Å². The van der Waals surface area contributed by atoms with Gasteiger partial charge in [0, 0.05) is 44.2 Å². The maximum Gasteiger partial charge on any atom is 0.253 e. The number of rotatable bonds is 6. The van der Waals surface area contributed by atoms with E-state index in [1.165, 1.54) is 25.3 Å². The Hall–Kier alpha value is -2.01. The lowest BCUT2D eigenvalue weighted by atomic mass is 9.87. The fourth-order valence-corrected chi connectivity index (χ4v) is 2.69. The highest BCUT2D eigenvalue weighted by Crippen LogP contribution is 2.32. The third-order valence-corrected chi connectivity index (χ3v) is 4.41. The van der Waals surface area contributed by atoms with Gasteiger partial charge in [-0.3, -0.25) is 9.78 Å². The van der Waals surface area contributed by atoms with Crippen LogP contribution >= 0.6 is 11.6 Å². The van der Waals surface area contributed by atoms with Crippen LogP contribution in [0.1, 0.15) is 67.8 Å². The summed E-state index contributed by atoms with van der Waals surface area (Å²) in [5, 5.41) is -0.523. The predicted octanol–water partition coefficient (Wildman–Crippen LogP) is 5.40. The van der Waals surface area contributed by atoms with Crippen molar-refractivity contribution >= 4 is 17.5 Å². The lowest BCUT2D eigenvalue weighted by molar-refractivity contribution is 0.0389. The third kappa shape index (κ3) is 5.07. The summed E-state index contributed by atoms with van der Waals surface area (Å²) in [6.07, 6.45) is -9.83. The van der Waals surface area contributed by atoms with Crippen molar-refractivity contribution in [2.45, 2.75) is 51.0 Å². The number of alkyl halides is 1. The average Bonchev–Trinajstić information content (AvgIpc) is 2.77. The highest BCUT2D eigenvalue weighted by Gasteiger charge is 2.35. The van der Waals surface area contributed by atoms with E-state index in [1.807, 2.05) is 0 Å². The minimum Gasteiger partial charge on any atom is -0.338 e. The maximum absolute atomic E-state index is 16.5. The summed E-state index contributed by atoms with van der Waals surface area (Å²) in [4.78, 5) is 17.0. The molecule has 1 aromatic carbocycles. The van der Waals surface area contributed by atoms with Gasteiger partial charge in [0.1, 0.15) is 11.5 Å². The molecule has 2 aromatic rings. The molecule has 1 amide bonds. The third-order valence-electron chi connectivity index (χ3n) is 4.12. The number of nitrogens with zero attached hydrogens (tertiary/aromatic N) is 2. The highest BCUT2D eigenvalue weighted by atomic mass is 35.5. The van der Waals surface area contributed by atoms with E-state index in [0.29, 0.717) is 0 Å². The number of benzene rings is 1. The van der Waals surface area contributed by atoms with E-state index in [4.69, 9.17) is 25.3 Å². The number of pyridine rings is 1. The van der Waals surface area contributed by atoms with Crippen molar-refractivity contribution in [3.8, 4) is 0 Å². The molecule has 1 aromatic heterocycles. The second-order valence-corrected chi connectivity index (χ2v) is 6.51. The van der Waals surface area contributed by atoms with E-state index in [9.17, 15) is 9.18 Å². The summed E-state index contributed by atoms with van der Waals surface area (Å²) < 4.78 is 112. The van der Waals surface area contributed by atoms with E-state index in [-0.39, 0.29) is 22.6 Å². The molecular formula is C22H25ClF2N2O. The Balaban J connectivity index is 1.95. The van der Waals surface area contributed by atoms with Crippen molar-refractivity contribution in [2.75, 3.05) is 13.0 Å². The number of carbonyl (C=O) groups is 1. The molecule has 3 rings (SSSR count). The van der Waals surface area contributed by atoms with Gasteiger partial charge in [0.05, 0.1) is 5.02 Å². The van der Waals surface area contributed by atoms with Crippen molar-refractivity contribution in [2.24, 2.45) is 0 Å². The molecule has 0 radical (unpaired) electrons. The van der Waals surface area contributed by atoms with Crippen LogP contribution in [-0.2, 0) is 12.8 Å². The molecule has 2 heterocycles. The SMILES string of the molecule is [2H]C([2H])(C)c1ccc(CCC([2H])([2H])C2(F)CC([2H])([2H])N(C(=O)c3ccc(F)c(Cl)c3)C([2H])([2H])C2([2H])[2H])nc1. The molecule has 1 fully saturated rings. The smallest absolute Gasteiger partial charge is 0.253 e. The number of carbonyl (C=O) groups excluding carboxylic acids is 1. The Morgan fingerprint density at radius 3 is 2.89 bits per heavy atom. The van der Waals surface area contributed by atoms with Crippen LogP contribution in [0.2, 0.25) is 5.02 Å². The van der Waals surface area contributed by atoms with Crippen LogP contribution in [0.5, 0.6) is 0 Å². The van der Waals surface area contributed by atoms with Gasteiger partial charge in [-0.2, -0.15) is 0 Å². The van der Waals surface area contributed by atoms with E-state index < -0.39 is 72.9 Å². The molecule has 0 saturated carbocycles. The van der Waals surface area contributed by atoms with E-state index in [1.54, 1.807) is 0 Å². The van der Waals surface area contributed by atoms with Gasteiger partial charge in [0.2, 0.25) is 0 Å². The summed E-state index contributed by atoms with van der Waals surface area (Å²) >= 11 is 5.68. The Morgan fingerprint density at radius 1 is 1.39 bits per heavy atom. The molecule has 3 nitrogen and oxygen atoms in total. The van der Waals surface area contributed by atoms with E-state index >= 15 is 4.39 Å². The number of aryl methyl sites for hydroxylation is 2. The van der Waals surface area contributed by atoms with Crippen molar-refractivity contribution in [3.63, 3.8) is 0 Å². The number of likely N-dealkylation sites (tertiary alicyclic amines) is 1. The minimum atomic E-state index is -3.75. The maximum atomic E-state index is 16.5. The second-order valence-electron chi connectivity index (χ2n) is 6.11. The van der Waals surface area contributed by atoms with Gasteiger partial charge >= 0.3 is 0 Å². The van der Waals surface area contributed by atoms with Crippen LogP contribution < -0.4 is 0 Å². The first-order chi connectivity index (χ1) is 17.1. The lowest BCUT2D eigenvalue weighted by Gasteiger charge is -2.36. The molecule has 0 N–H and O–H groups in total. The van der Waals surface area contributed by atoms with Crippen LogP contribution in [0.4, 0.5) is 8.78 Å². The van der Waals surface area contributed by atoms with Crippen molar-refractivity contribution in [3.05, 3.63) is 64.2 Å². The van der Waals surface area contributed by atoms with Crippen molar-refractivity contribution < 1.29 is 27.3 Å². The van der Waals surface area contributed by atoms with Gasteiger partial charge in [0.25, 0.3) is 5.91 Å². The zero-order valence-corrected chi connectivity index (χ0v) is 15.8. The summed E-state index contributed by atoms with van der Waals surface area (Å²) in [5.74, 6) is -2.33. The zero-order valence-electron chi connectivity index (χ0n) is 25.0. The van der Waals surface area contributed by atoms with Crippen molar-refractivity contribution in [1.29, 1.82) is 0 Å². The quantitative estimate of drug-likeness (QED) is 0.631. The molecule has 1 atom stereocenters. The van der Waals surface area contributed by atoms with Crippen molar-refractivity contribution in [1.82, 2.24) is 9.88 Å². The van der Waals surface area contributed by atoms with Crippen LogP contribution in [0, 0.1) is 5.82 Å². The summed E-state index contributed by atoms with van der Waals surface area (Å²) in [6.45, 7) is -5.58. The topological polar surface area (TPSA) is 33.2 Å². The van der Waals surface area contributed by atoms with Crippen LogP contribution in [0.3, 0.4) is 0 Å². The number of amides is 1. The average molecular weight is 417 g/mol. The van der Waals surface area contributed by atoms with Gasteiger partial charge < -0.3 is 4.90 Å². The Kier molecular flexibility index (Phi) is 3.61. The second kappa shape index (κ2) is 8.99. The Bertz CT molecular complexity index is 1220. The molecule has 0 bridgehead atoms. The highest BCUT2D eigenvalue weighted by molar-refractivity contribution is 6.31. The number of aromatic nitrogens is 1. The van der Waals surface area contributed by atoms with Gasteiger partial charge in [-0.05, 0) is 68.2 Å². The largest absolute Gasteiger partial charge is 0.338 e. The first kappa shape index (κ1) is 11.2. The molecule has 1 aliphatic heterocycles. The summed E-state index contributed by atoms with van der Waals surface area (Å²) in [5.41, 5.74) is -3.73. The van der Waals surface area contributed by atoms with Crippen LogP contribution in [0.25, 0.3) is 0 Å². The first-order valence-electron chi connectivity index (χ1n) is 13.5. The number of hydrogen-bond acceptors (Lipinski definition) is 2. The number of halogens is 3. The van der Waals surface area contributed by atoms with Crippen LogP contribution in [0.15, 0.2) is 36.5 Å². The fraction of sp³-hybridized carbons (Fsp3) is 0.455. The normalized spacial score (nSPS) is 31.4. The minimum absolute atomic E-state index is 0.129. The molecule has 1 aliphatic rings. The zero-order chi connectivity index (χ0) is 29.1. The standard InChI is InChI=1S/C22H25ClF2N2O/c1-2-16-5-7-18(26-15-16)4-3-9-22(25)10-12-27(13-11-22)21(28)17-6-8-20(24)19(23)14-17/h5-8,14-15H,2-4,9-13H2,1H3/i2D2,9D2,10D2,12D2,13D2. The monoisotopic (exact) mass is 416 g/mol. The lowest BCUT2D eigenvalue weighted by Crippen LogP contribution is -2.44. The summed E-state index contributed by atoms with van der Waals surface area (Å²) in [7, 11) is 0. The first-order valence-corrected chi connectivity index (χ1v) is 8.90. The molecule has 0 aliphatic carbocycles. The number of piperidine rings is 1. The summed E-state index contributed by atoms with van der Waals surface area (Å²) in [6, 6.07) is 5.31. The van der Waals surface area contributed by atoms with Gasteiger partial charge in [-0.15, -0.1) is 0 Å². The number of hydrogen-bond donors (Lipinski definition) is 0. The Morgan fingerprint density at radius 2 is 2.21 bits per heavy atom. The van der Waals surface area contributed by atoms with Gasteiger partial charge in [0.15, 0.2) is 0 Å². The molecule has 0 spiro atoms. The molecule has 150 valence electrons. The van der Waals surface area contributed by atoms with E-state index in [0.717, 1.165) is 18.2 Å². The fourth-order valence-electron chi connectivity index (χ4n) is 2.51. The molecule has 1 unspecified atom stereocenters. The van der Waals surface area contributed by atoms with E-state index in [2.05, 4.69) is 4.98 Å². The van der Waals surface area contributed by atoms with Gasteiger partial charge in [-0.25, -0.2) is 8.78 Å². The molecule has 1 saturated heterocycles. The molecule has 6 heteroatoms. The molecular weight excluding hydrogens is 382 g/mol. The molecule has 28 heavy (non-hydrogen) atoms.